The first kappa shape index (κ1) is 11.1. The zero-order valence-electron chi connectivity index (χ0n) is 11.2. The van der Waals surface area contributed by atoms with Gasteiger partial charge in [-0.3, -0.25) is 0 Å². The van der Waals surface area contributed by atoms with Crippen LogP contribution in [0.15, 0.2) is 0 Å². The van der Waals surface area contributed by atoms with Crippen LogP contribution < -0.4 is 0 Å². The van der Waals surface area contributed by atoms with Gasteiger partial charge in [-0.2, -0.15) is 0 Å². The number of fused-ring (bicyclic) bond motifs is 3. The highest BCUT2D eigenvalue weighted by molar-refractivity contribution is 5.15. The van der Waals surface area contributed by atoms with E-state index in [1.165, 1.54) is 19.3 Å². The molecule has 0 aromatic rings. The van der Waals surface area contributed by atoms with Gasteiger partial charge in [0.25, 0.3) is 0 Å². The van der Waals surface area contributed by atoms with Crippen LogP contribution in [0.3, 0.4) is 0 Å². The molecule has 3 aliphatic rings. The minimum Gasteiger partial charge on any atom is -0.390 e. The van der Waals surface area contributed by atoms with Crippen molar-refractivity contribution in [1.82, 2.24) is 0 Å². The van der Waals surface area contributed by atoms with Gasteiger partial charge >= 0.3 is 0 Å². The first-order valence-electron chi connectivity index (χ1n) is 7.08. The van der Waals surface area contributed by atoms with E-state index in [4.69, 9.17) is 0 Å². The number of aliphatic hydroxyl groups is 1. The molecule has 92 valence electrons. The Hall–Kier alpha value is -0.0400. The summed E-state index contributed by atoms with van der Waals surface area (Å²) in [6.07, 6.45) is 4.88. The molecule has 0 bridgehead atoms. The maximum absolute atomic E-state index is 10.6. The summed E-state index contributed by atoms with van der Waals surface area (Å²) >= 11 is 0. The van der Waals surface area contributed by atoms with Crippen molar-refractivity contribution in [2.24, 2.45) is 35.0 Å². The van der Waals surface area contributed by atoms with Crippen LogP contribution in [0.4, 0.5) is 0 Å². The molecule has 3 saturated carbocycles. The molecule has 6 atom stereocenters. The molecular formula is C15H26O. The largest absolute Gasteiger partial charge is 0.390 e. The van der Waals surface area contributed by atoms with Crippen LogP contribution >= 0.6 is 0 Å². The Bertz CT molecular complexity index is 305. The zero-order valence-corrected chi connectivity index (χ0v) is 11.2. The summed E-state index contributed by atoms with van der Waals surface area (Å²) in [5.41, 5.74) is 0.196. The van der Waals surface area contributed by atoms with E-state index in [-0.39, 0.29) is 5.60 Å². The lowest BCUT2D eigenvalue weighted by Crippen LogP contribution is -2.48. The fourth-order valence-corrected chi connectivity index (χ4v) is 5.28. The van der Waals surface area contributed by atoms with Crippen LogP contribution in [0.25, 0.3) is 0 Å². The van der Waals surface area contributed by atoms with Crippen LogP contribution in [0.5, 0.6) is 0 Å². The normalized spacial score (nSPS) is 58.7. The fourth-order valence-electron chi connectivity index (χ4n) is 5.28. The van der Waals surface area contributed by atoms with E-state index in [0.717, 1.165) is 30.1 Å². The van der Waals surface area contributed by atoms with E-state index >= 15 is 0 Å². The highest BCUT2D eigenvalue weighted by Crippen LogP contribution is 2.71. The lowest BCUT2D eigenvalue weighted by Gasteiger charge is -2.48. The molecule has 0 saturated heterocycles. The Labute approximate surface area is 99.6 Å². The first-order chi connectivity index (χ1) is 7.36. The highest BCUT2D eigenvalue weighted by Gasteiger charge is 2.66. The van der Waals surface area contributed by atoms with Gasteiger partial charge in [0.1, 0.15) is 0 Å². The van der Waals surface area contributed by atoms with Crippen molar-refractivity contribution in [2.45, 2.75) is 59.0 Å². The van der Waals surface area contributed by atoms with Crippen LogP contribution in [0.1, 0.15) is 53.4 Å². The van der Waals surface area contributed by atoms with E-state index in [9.17, 15) is 5.11 Å². The van der Waals surface area contributed by atoms with Crippen molar-refractivity contribution in [3.8, 4) is 0 Å². The minimum absolute atomic E-state index is 0.374. The van der Waals surface area contributed by atoms with Crippen LogP contribution in [-0.4, -0.2) is 10.7 Å². The summed E-state index contributed by atoms with van der Waals surface area (Å²) in [5, 5.41) is 10.6. The summed E-state index contributed by atoms with van der Waals surface area (Å²) in [6, 6.07) is 0. The molecule has 0 aliphatic heterocycles. The van der Waals surface area contributed by atoms with Gasteiger partial charge in [-0.25, -0.2) is 0 Å². The van der Waals surface area contributed by atoms with E-state index in [1.807, 2.05) is 0 Å². The third-order valence-electron chi connectivity index (χ3n) is 6.37. The molecule has 3 rings (SSSR count). The molecule has 0 radical (unpaired) electrons. The number of hydrogen-bond donors (Lipinski definition) is 1. The molecule has 3 aliphatic carbocycles. The maximum atomic E-state index is 10.6. The molecule has 1 N–H and O–H groups in total. The predicted octanol–water partition coefficient (Wildman–Crippen LogP) is 3.47. The Balaban J connectivity index is 1.91. The van der Waals surface area contributed by atoms with Crippen molar-refractivity contribution in [3.05, 3.63) is 0 Å². The number of hydrogen-bond acceptors (Lipinski definition) is 1. The molecule has 1 nitrogen and oxygen atoms in total. The fraction of sp³-hybridized carbons (Fsp3) is 1.00. The second-order valence-electron chi connectivity index (χ2n) is 7.59. The Morgan fingerprint density at radius 1 is 1.00 bits per heavy atom. The summed E-state index contributed by atoms with van der Waals surface area (Å²) < 4.78 is 0. The number of rotatable bonds is 0. The summed E-state index contributed by atoms with van der Waals surface area (Å²) in [6.45, 7) is 9.40. The van der Waals surface area contributed by atoms with Crippen molar-refractivity contribution < 1.29 is 5.11 Å². The molecule has 0 aromatic heterocycles. The highest BCUT2D eigenvalue weighted by atomic mass is 16.3. The molecule has 0 spiro atoms. The second kappa shape index (κ2) is 3.04. The lowest BCUT2D eigenvalue weighted by molar-refractivity contribution is -0.0973. The van der Waals surface area contributed by atoms with Gasteiger partial charge in [0.05, 0.1) is 5.60 Å². The van der Waals surface area contributed by atoms with Crippen LogP contribution in [0, 0.1) is 35.0 Å². The third kappa shape index (κ3) is 1.27. The molecule has 0 aromatic carbocycles. The molecule has 16 heavy (non-hydrogen) atoms. The van der Waals surface area contributed by atoms with E-state index < -0.39 is 0 Å². The van der Waals surface area contributed by atoms with Crippen molar-refractivity contribution >= 4 is 0 Å². The van der Waals surface area contributed by atoms with Crippen molar-refractivity contribution in [3.63, 3.8) is 0 Å². The van der Waals surface area contributed by atoms with Gasteiger partial charge in [0.2, 0.25) is 0 Å². The third-order valence-corrected chi connectivity index (χ3v) is 6.37. The second-order valence-corrected chi connectivity index (χ2v) is 7.59. The topological polar surface area (TPSA) is 20.2 Å². The molecule has 0 unspecified atom stereocenters. The molecule has 0 heterocycles. The van der Waals surface area contributed by atoms with E-state index in [2.05, 4.69) is 27.7 Å². The Kier molecular flexibility index (Phi) is 2.11. The maximum Gasteiger partial charge on any atom is 0.0650 e. The Morgan fingerprint density at radius 2 is 1.62 bits per heavy atom. The van der Waals surface area contributed by atoms with Gasteiger partial charge in [-0.05, 0) is 67.6 Å². The molecule has 1 heteroatoms. The van der Waals surface area contributed by atoms with Crippen LogP contribution in [-0.2, 0) is 0 Å². The van der Waals surface area contributed by atoms with Crippen molar-refractivity contribution in [2.75, 3.05) is 0 Å². The van der Waals surface area contributed by atoms with E-state index in [1.54, 1.807) is 0 Å². The molecule has 0 amide bonds. The summed E-state index contributed by atoms with van der Waals surface area (Å²) in [7, 11) is 0. The summed E-state index contributed by atoms with van der Waals surface area (Å²) in [4.78, 5) is 0. The van der Waals surface area contributed by atoms with Crippen molar-refractivity contribution in [1.29, 1.82) is 0 Å². The first-order valence-corrected chi connectivity index (χ1v) is 7.08. The SMILES string of the molecule is C[C@H]1CC[C@](C)(O)[C@H]2CC[C@H]3[C@@H]([C@H]12)C3(C)C. The lowest BCUT2D eigenvalue weighted by atomic mass is 9.59. The van der Waals surface area contributed by atoms with Gasteiger partial charge in [0.15, 0.2) is 0 Å². The average molecular weight is 222 g/mol. The summed E-state index contributed by atoms with van der Waals surface area (Å²) in [5.74, 6) is 4.09. The zero-order chi connectivity index (χ0) is 11.7. The average Bonchev–Trinajstić information content (AvgIpc) is 2.76. The van der Waals surface area contributed by atoms with Gasteiger partial charge in [-0.1, -0.05) is 20.8 Å². The predicted molar refractivity (Wildman–Crippen MR) is 66.0 cm³/mol. The smallest absolute Gasteiger partial charge is 0.0650 e. The van der Waals surface area contributed by atoms with E-state index in [0.29, 0.717) is 11.3 Å². The standard InChI is InChI=1S/C15H26O/c1-9-7-8-15(4,16)10-5-6-11-13(12(9)10)14(11,2)3/h9-13,16H,5-8H2,1-4H3/t9-,10-,11-,12+,13-,15-/m0/s1. The monoisotopic (exact) mass is 222 g/mol. The quantitative estimate of drug-likeness (QED) is 0.665. The minimum atomic E-state index is -0.374. The Morgan fingerprint density at radius 3 is 2.31 bits per heavy atom. The van der Waals surface area contributed by atoms with Gasteiger partial charge in [-0.15, -0.1) is 0 Å². The molecular weight excluding hydrogens is 196 g/mol. The molecule has 3 fully saturated rings. The van der Waals surface area contributed by atoms with Crippen LogP contribution in [0.2, 0.25) is 0 Å². The van der Waals surface area contributed by atoms with Gasteiger partial charge in [0, 0.05) is 0 Å². The van der Waals surface area contributed by atoms with Gasteiger partial charge < -0.3 is 5.11 Å².